The Morgan fingerprint density at radius 2 is 1.96 bits per heavy atom. The summed E-state index contributed by atoms with van der Waals surface area (Å²) in [6.45, 7) is 9.28. The molecule has 3 heteroatoms. The van der Waals surface area contributed by atoms with Crippen LogP contribution in [0.5, 0.6) is 0 Å². The second kappa shape index (κ2) is 8.15. The SMILES string of the molecule is CC(C)C1CCCC(C)(C)CC1C(=O)NCC(O)c1ccccc1. The fraction of sp³-hybridized carbons (Fsp3) is 0.667. The van der Waals surface area contributed by atoms with Crippen LogP contribution < -0.4 is 5.32 Å². The van der Waals surface area contributed by atoms with Gasteiger partial charge in [0.1, 0.15) is 0 Å². The van der Waals surface area contributed by atoms with Gasteiger partial charge in [0.25, 0.3) is 0 Å². The first-order valence-electron chi connectivity index (χ1n) is 9.31. The van der Waals surface area contributed by atoms with Crippen molar-refractivity contribution in [3.63, 3.8) is 0 Å². The molecule has 3 atom stereocenters. The van der Waals surface area contributed by atoms with Gasteiger partial charge in [-0.2, -0.15) is 0 Å². The average molecular weight is 332 g/mol. The van der Waals surface area contributed by atoms with Crippen LogP contribution in [0.1, 0.15) is 65.0 Å². The Balaban J connectivity index is 2.02. The molecule has 1 aliphatic carbocycles. The van der Waals surface area contributed by atoms with E-state index in [1.807, 2.05) is 30.3 Å². The minimum absolute atomic E-state index is 0.0467. The summed E-state index contributed by atoms with van der Waals surface area (Å²) in [6.07, 6.45) is 3.80. The maximum absolute atomic E-state index is 12.9. The Kier molecular flexibility index (Phi) is 6.45. The van der Waals surface area contributed by atoms with E-state index in [0.29, 0.717) is 11.8 Å². The molecule has 0 spiro atoms. The zero-order chi connectivity index (χ0) is 17.7. The Hall–Kier alpha value is -1.35. The summed E-state index contributed by atoms with van der Waals surface area (Å²) in [5, 5.41) is 13.3. The van der Waals surface area contributed by atoms with Gasteiger partial charge in [-0.05, 0) is 42.1 Å². The third-order valence-electron chi connectivity index (χ3n) is 5.53. The summed E-state index contributed by atoms with van der Waals surface area (Å²) in [5.74, 6) is 1.10. The number of hydrogen-bond donors (Lipinski definition) is 2. The highest BCUT2D eigenvalue weighted by molar-refractivity contribution is 5.79. The van der Waals surface area contributed by atoms with E-state index in [1.165, 1.54) is 12.8 Å². The van der Waals surface area contributed by atoms with Gasteiger partial charge in [-0.1, -0.05) is 64.4 Å². The van der Waals surface area contributed by atoms with Gasteiger partial charge in [0.15, 0.2) is 0 Å². The molecule has 1 aromatic carbocycles. The summed E-state index contributed by atoms with van der Waals surface area (Å²) in [4.78, 5) is 12.9. The van der Waals surface area contributed by atoms with Gasteiger partial charge >= 0.3 is 0 Å². The second-order valence-electron chi connectivity index (χ2n) is 8.45. The standard InChI is InChI=1S/C21H33NO2/c1-15(2)17-11-8-12-21(3,4)13-18(17)20(24)22-14-19(23)16-9-6-5-7-10-16/h5-7,9-10,15,17-19,23H,8,11-14H2,1-4H3,(H,22,24). The molecule has 1 aliphatic rings. The quantitative estimate of drug-likeness (QED) is 0.789. The largest absolute Gasteiger partial charge is 0.387 e. The first kappa shape index (κ1) is 19.0. The molecule has 1 aromatic rings. The lowest BCUT2D eigenvalue weighted by molar-refractivity contribution is -0.128. The van der Waals surface area contributed by atoms with E-state index < -0.39 is 6.10 Å². The van der Waals surface area contributed by atoms with Crippen LogP contribution in [0, 0.1) is 23.2 Å². The van der Waals surface area contributed by atoms with E-state index >= 15 is 0 Å². The Morgan fingerprint density at radius 1 is 1.29 bits per heavy atom. The number of nitrogens with one attached hydrogen (secondary N) is 1. The van der Waals surface area contributed by atoms with Crippen molar-refractivity contribution in [2.45, 2.75) is 59.5 Å². The van der Waals surface area contributed by atoms with Crippen molar-refractivity contribution in [3.05, 3.63) is 35.9 Å². The van der Waals surface area contributed by atoms with Gasteiger partial charge in [0, 0.05) is 12.5 Å². The molecule has 2 rings (SSSR count). The summed E-state index contributed by atoms with van der Waals surface area (Å²) >= 11 is 0. The fourth-order valence-electron chi connectivity index (χ4n) is 4.07. The molecule has 0 aliphatic heterocycles. The molecule has 0 aromatic heterocycles. The van der Waals surface area contributed by atoms with Crippen molar-refractivity contribution in [1.29, 1.82) is 0 Å². The number of aliphatic hydroxyl groups excluding tert-OH is 1. The van der Waals surface area contributed by atoms with Crippen molar-refractivity contribution < 1.29 is 9.90 Å². The summed E-state index contributed by atoms with van der Waals surface area (Å²) in [7, 11) is 0. The predicted molar refractivity (Wildman–Crippen MR) is 98.5 cm³/mol. The molecule has 134 valence electrons. The molecular weight excluding hydrogens is 298 g/mol. The van der Waals surface area contributed by atoms with Crippen LogP contribution in [-0.4, -0.2) is 17.6 Å². The average Bonchev–Trinajstić information content (AvgIpc) is 2.71. The first-order chi connectivity index (χ1) is 11.3. The number of carbonyl (C=O) groups excluding carboxylic acids is 1. The van der Waals surface area contributed by atoms with Gasteiger partial charge in [0.05, 0.1) is 6.10 Å². The number of benzene rings is 1. The van der Waals surface area contributed by atoms with E-state index in [0.717, 1.165) is 18.4 Å². The number of aliphatic hydroxyl groups is 1. The van der Waals surface area contributed by atoms with E-state index in [4.69, 9.17) is 0 Å². The van der Waals surface area contributed by atoms with Crippen molar-refractivity contribution in [3.8, 4) is 0 Å². The number of hydrogen-bond acceptors (Lipinski definition) is 2. The van der Waals surface area contributed by atoms with Crippen molar-refractivity contribution in [1.82, 2.24) is 5.32 Å². The molecule has 24 heavy (non-hydrogen) atoms. The fourth-order valence-corrected chi connectivity index (χ4v) is 4.07. The highest BCUT2D eigenvalue weighted by Gasteiger charge is 2.37. The first-order valence-corrected chi connectivity index (χ1v) is 9.31. The molecule has 3 unspecified atom stereocenters. The molecule has 1 fully saturated rings. The molecule has 2 N–H and O–H groups in total. The van der Waals surface area contributed by atoms with E-state index in [1.54, 1.807) is 0 Å². The predicted octanol–water partition coefficient (Wildman–Crippen LogP) is 4.32. The van der Waals surface area contributed by atoms with Crippen LogP contribution in [0.3, 0.4) is 0 Å². The lowest BCUT2D eigenvalue weighted by Crippen LogP contribution is -2.39. The second-order valence-corrected chi connectivity index (χ2v) is 8.45. The van der Waals surface area contributed by atoms with Gasteiger partial charge < -0.3 is 10.4 Å². The van der Waals surface area contributed by atoms with Crippen LogP contribution >= 0.6 is 0 Å². The third-order valence-corrected chi connectivity index (χ3v) is 5.53. The van der Waals surface area contributed by atoms with E-state index in [9.17, 15) is 9.90 Å². The minimum atomic E-state index is -0.647. The molecule has 0 saturated heterocycles. The van der Waals surface area contributed by atoms with Crippen molar-refractivity contribution in [2.24, 2.45) is 23.2 Å². The minimum Gasteiger partial charge on any atom is -0.387 e. The van der Waals surface area contributed by atoms with Crippen molar-refractivity contribution >= 4 is 5.91 Å². The lowest BCUT2D eigenvalue weighted by atomic mass is 9.75. The molecule has 0 radical (unpaired) electrons. The lowest BCUT2D eigenvalue weighted by Gasteiger charge is -2.31. The Labute approximate surface area is 146 Å². The van der Waals surface area contributed by atoms with Gasteiger partial charge in [-0.3, -0.25) is 4.79 Å². The third kappa shape index (κ3) is 5.07. The normalized spacial score (nSPS) is 25.1. The molecular formula is C21H33NO2. The van der Waals surface area contributed by atoms with E-state index in [2.05, 4.69) is 33.0 Å². The van der Waals surface area contributed by atoms with Crippen LogP contribution in [0.25, 0.3) is 0 Å². The summed E-state index contributed by atoms with van der Waals surface area (Å²) < 4.78 is 0. The van der Waals surface area contributed by atoms with Crippen LogP contribution in [0.4, 0.5) is 0 Å². The zero-order valence-electron chi connectivity index (χ0n) is 15.6. The summed E-state index contributed by atoms with van der Waals surface area (Å²) in [6, 6.07) is 9.52. The maximum Gasteiger partial charge on any atom is 0.223 e. The zero-order valence-corrected chi connectivity index (χ0v) is 15.6. The Bertz CT molecular complexity index is 524. The highest BCUT2D eigenvalue weighted by Crippen LogP contribution is 2.42. The number of amides is 1. The van der Waals surface area contributed by atoms with Crippen LogP contribution in [0.15, 0.2) is 30.3 Å². The van der Waals surface area contributed by atoms with Gasteiger partial charge in [0.2, 0.25) is 5.91 Å². The van der Waals surface area contributed by atoms with Crippen molar-refractivity contribution in [2.75, 3.05) is 6.54 Å². The van der Waals surface area contributed by atoms with Gasteiger partial charge in [-0.25, -0.2) is 0 Å². The topological polar surface area (TPSA) is 49.3 Å². The van der Waals surface area contributed by atoms with Crippen LogP contribution in [-0.2, 0) is 4.79 Å². The molecule has 1 amide bonds. The molecule has 1 saturated carbocycles. The molecule has 0 bridgehead atoms. The molecule has 3 nitrogen and oxygen atoms in total. The number of rotatable bonds is 5. The maximum atomic E-state index is 12.9. The number of carbonyl (C=O) groups is 1. The Morgan fingerprint density at radius 3 is 2.58 bits per heavy atom. The van der Waals surface area contributed by atoms with Crippen LogP contribution in [0.2, 0.25) is 0 Å². The monoisotopic (exact) mass is 331 g/mol. The molecule has 0 heterocycles. The van der Waals surface area contributed by atoms with E-state index in [-0.39, 0.29) is 23.8 Å². The smallest absolute Gasteiger partial charge is 0.223 e. The summed E-state index contributed by atoms with van der Waals surface area (Å²) in [5.41, 5.74) is 1.06. The highest BCUT2D eigenvalue weighted by atomic mass is 16.3. The van der Waals surface area contributed by atoms with Gasteiger partial charge in [-0.15, -0.1) is 0 Å².